The van der Waals surface area contributed by atoms with Gasteiger partial charge in [-0.1, -0.05) is 13.8 Å². The summed E-state index contributed by atoms with van der Waals surface area (Å²) >= 11 is 0. The van der Waals surface area contributed by atoms with Crippen LogP contribution in [-0.4, -0.2) is 60.0 Å². The highest BCUT2D eigenvalue weighted by atomic mass is 16.5. The average Bonchev–Trinajstić information content (AvgIpc) is 3.25. The fourth-order valence-electron chi connectivity index (χ4n) is 3.73. The summed E-state index contributed by atoms with van der Waals surface area (Å²) < 4.78 is 10.5. The van der Waals surface area contributed by atoms with Crippen molar-refractivity contribution >= 4 is 17.7 Å². The van der Waals surface area contributed by atoms with Crippen molar-refractivity contribution in [2.45, 2.75) is 66.0 Å². The predicted molar refractivity (Wildman–Crippen MR) is 106 cm³/mol. The zero-order chi connectivity index (χ0) is 21.0. The first-order valence-electron chi connectivity index (χ1n) is 9.90. The van der Waals surface area contributed by atoms with Crippen molar-refractivity contribution < 1.29 is 23.9 Å². The van der Waals surface area contributed by atoms with Gasteiger partial charge in [-0.05, 0) is 45.1 Å². The van der Waals surface area contributed by atoms with E-state index in [-0.39, 0.29) is 29.4 Å². The number of carbonyl (C=O) groups excluding carboxylic acids is 3. The number of Topliss-reactive ketones (excluding diaryl/α,β-unsaturated/α-hetero) is 1. The molecule has 0 aromatic carbocycles. The van der Waals surface area contributed by atoms with E-state index in [9.17, 15) is 14.4 Å². The number of H-pyrrole nitrogens is 1. The van der Waals surface area contributed by atoms with Crippen LogP contribution in [0.4, 0.5) is 0 Å². The average molecular weight is 392 g/mol. The lowest BCUT2D eigenvalue weighted by Gasteiger charge is -2.31. The molecule has 0 radical (unpaired) electrons. The van der Waals surface area contributed by atoms with E-state index in [1.165, 1.54) is 7.11 Å². The minimum atomic E-state index is -0.644. The van der Waals surface area contributed by atoms with Crippen molar-refractivity contribution in [2.75, 3.05) is 20.3 Å². The molecule has 1 aliphatic heterocycles. The van der Waals surface area contributed by atoms with Crippen molar-refractivity contribution in [3.8, 4) is 0 Å². The van der Waals surface area contributed by atoms with Crippen LogP contribution in [0.15, 0.2) is 0 Å². The molecular formula is C21H32N2O5. The van der Waals surface area contributed by atoms with E-state index in [2.05, 4.69) is 4.98 Å². The number of ether oxygens (including phenoxy) is 2. The second-order valence-electron chi connectivity index (χ2n) is 7.94. The van der Waals surface area contributed by atoms with Crippen LogP contribution in [0.25, 0.3) is 0 Å². The van der Waals surface area contributed by atoms with E-state index >= 15 is 0 Å². The molecule has 1 aromatic heterocycles. The highest BCUT2D eigenvalue weighted by Crippen LogP contribution is 2.24. The zero-order valence-corrected chi connectivity index (χ0v) is 17.8. The number of aryl methyl sites for hydroxylation is 1. The van der Waals surface area contributed by atoms with Gasteiger partial charge in [-0.3, -0.25) is 9.59 Å². The van der Waals surface area contributed by atoms with Crippen LogP contribution in [0.2, 0.25) is 0 Å². The van der Waals surface area contributed by atoms with Crippen LogP contribution >= 0.6 is 0 Å². The molecule has 0 unspecified atom stereocenters. The normalized spacial score (nSPS) is 17.6. The summed E-state index contributed by atoms with van der Waals surface area (Å²) in [5, 5.41) is 0. The summed E-state index contributed by atoms with van der Waals surface area (Å²) in [5.41, 5.74) is 1.87. The van der Waals surface area contributed by atoms with Gasteiger partial charge in [0, 0.05) is 30.8 Å². The quantitative estimate of drug-likeness (QED) is 0.543. The Labute approximate surface area is 166 Å². The molecule has 156 valence electrons. The number of rotatable bonds is 8. The van der Waals surface area contributed by atoms with Crippen molar-refractivity contribution in [3.63, 3.8) is 0 Å². The maximum atomic E-state index is 13.3. The number of hydrogen-bond acceptors (Lipinski definition) is 5. The Kier molecular flexibility index (Phi) is 7.41. The van der Waals surface area contributed by atoms with Crippen LogP contribution in [0, 0.1) is 19.8 Å². The molecule has 2 rings (SSSR count). The van der Waals surface area contributed by atoms with Crippen molar-refractivity contribution in [1.82, 2.24) is 9.88 Å². The summed E-state index contributed by atoms with van der Waals surface area (Å²) in [6.07, 6.45) is 2.20. The molecular weight excluding hydrogens is 360 g/mol. The fourth-order valence-corrected chi connectivity index (χ4v) is 3.73. The molecule has 7 nitrogen and oxygen atoms in total. The minimum Gasteiger partial charge on any atom is -0.464 e. The van der Waals surface area contributed by atoms with Gasteiger partial charge in [0.05, 0.1) is 19.3 Å². The molecule has 1 amide bonds. The molecule has 0 aliphatic carbocycles. The molecule has 2 atom stereocenters. The van der Waals surface area contributed by atoms with Gasteiger partial charge in [-0.15, -0.1) is 0 Å². The number of nitrogens with one attached hydrogen (secondary N) is 1. The van der Waals surface area contributed by atoms with Crippen molar-refractivity contribution in [1.29, 1.82) is 0 Å². The summed E-state index contributed by atoms with van der Waals surface area (Å²) in [4.78, 5) is 42.7. The molecule has 7 heteroatoms. The van der Waals surface area contributed by atoms with Gasteiger partial charge in [0.15, 0.2) is 5.78 Å². The highest BCUT2D eigenvalue weighted by molar-refractivity contribution is 6.06. The predicted octanol–water partition coefficient (Wildman–Crippen LogP) is 3.04. The number of amides is 1. The van der Waals surface area contributed by atoms with E-state index in [0.717, 1.165) is 12.8 Å². The van der Waals surface area contributed by atoms with Crippen LogP contribution in [0.5, 0.6) is 0 Å². The molecule has 1 N–H and O–H groups in total. The number of carbonyl (C=O) groups is 3. The first kappa shape index (κ1) is 22.1. The fraction of sp³-hybridized carbons (Fsp3) is 0.667. The standard InChI is InChI=1S/C21H32N2O5/c1-12(2)10-17(24)23(11-16-8-7-9-28-16)15(5)20(25)18-13(3)19(21(26)27-6)22-14(18)4/h12,15-16,22H,7-11H2,1-6H3/t15-,16+/m1/s1. The lowest BCUT2D eigenvalue weighted by Crippen LogP contribution is -2.47. The summed E-state index contributed by atoms with van der Waals surface area (Å²) in [7, 11) is 1.30. The number of hydrogen-bond donors (Lipinski definition) is 1. The van der Waals surface area contributed by atoms with E-state index in [4.69, 9.17) is 9.47 Å². The second-order valence-corrected chi connectivity index (χ2v) is 7.94. The number of ketones is 1. The Morgan fingerprint density at radius 2 is 1.93 bits per heavy atom. The lowest BCUT2D eigenvalue weighted by atomic mass is 9.98. The maximum Gasteiger partial charge on any atom is 0.354 e. The van der Waals surface area contributed by atoms with Gasteiger partial charge in [0.25, 0.3) is 0 Å². The minimum absolute atomic E-state index is 0.0367. The molecule has 1 saturated heterocycles. The van der Waals surface area contributed by atoms with Gasteiger partial charge < -0.3 is 19.4 Å². The van der Waals surface area contributed by atoms with E-state index < -0.39 is 12.0 Å². The van der Waals surface area contributed by atoms with Crippen LogP contribution in [0.1, 0.15) is 72.1 Å². The van der Waals surface area contributed by atoms with Crippen molar-refractivity contribution in [2.24, 2.45) is 5.92 Å². The third-order valence-electron chi connectivity index (χ3n) is 5.25. The van der Waals surface area contributed by atoms with Gasteiger partial charge in [-0.2, -0.15) is 0 Å². The Hall–Kier alpha value is -2.15. The number of aromatic amines is 1. The zero-order valence-electron chi connectivity index (χ0n) is 17.8. The molecule has 1 aliphatic rings. The van der Waals surface area contributed by atoms with Crippen LogP contribution in [0.3, 0.4) is 0 Å². The molecule has 2 heterocycles. The number of esters is 1. The molecule has 0 bridgehead atoms. The Morgan fingerprint density at radius 3 is 2.46 bits per heavy atom. The van der Waals surface area contributed by atoms with Gasteiger partial charge in [-0.25, -0.2) is 4.79 Å². The Balaban J connectivity index is 2.30. The maximum absolute atomic E-state index is 13.3. The van der Waals surface area contributed by atoms with Gasteiger partial charge >= 0.3 is 5.97 Å². The first-order chi connectivity index (χ1) is 13.2. The summed E-state index contributed by atoms with van der Waals surface area (Å²) in [6.45, 7) is 10.3. The smallest absolute Gasteiger partial charge is 0.354 e. The monoisotopic (exact) mass is 392 g/mol. The number of nitrogens with zero attached hydrogens (tertiary/aromatic N) is 1. The van der Waals surface area contributed by atoms with Crippen LogP contribution in [-0.2, 0) is 14.3 Å². The second kappa shape index (κ2) is 9.37. The van der Waals surface area contributed by atoms with Gasteiger partial charge in [0.2, 0.25) is 5.91 Å². The molecule has 1 fully saturated rings. The highest BCUT2D eigenvalue weighted by Gasteiger charge is 2.33. The third-order valence-corrected chi connectivity index (χ3v) is 5.25. The first-order valence-corrected chi connectivity index (χ1v) is 9.90. The third kappa shape index (κ3) is 4.82. The van der Waals surface area contributed by atoms with E-state index in [1.807, 2.05) is 13.8 Å². The van der Waals surface area contributed by atoms with Crippen LogP contribution < -0.4 is 0 Å². The van der Waals surface area contributed by atoms with E-state index in [0.29, 0.717) is 36.4 Å². The molecule has 0 spiro atoms. The molecule has 1 aromatic rings. The summed E-state index contributed by atoms with van der Waals surface area (Å²) in [5.74, 6) is -0.551. The molecule has 28 heavy (non-hydrogen) atoms. The number of aromatic nitrogens is 1. The van der Waals surface area contributed by atoms with Crippen molar-refractivity contribution in [3.05, 3.63) is 22.5 Å². The lowest BCUT2D eigenvalue weighted by molar-refractivity contribution is -0.134. The number of methoxy groups -OCH3 is 1. The largest absolute Gasteiger partial charge is 0.464 e. The molecule has 0 saturated carbocycles. The van der Waals surface area contributed by atoms with E-state index in [1.54, 1.807) is 25.7 Å². The summed E-state index contributed by atoms with van der Waals surface area (Å²) in [6, 6.07) is -0.644. The van der Waals surface area contributed by atoms with Gasteiger partial charge in [0.1, 0.15) is 5.69 Å². The Morgan fingerprint density at radius 1 is 1.25 bits per heavy atom. The topological polar surface area (TPSA) is 88.7 Å². The Bertz CT molecular complexity index is 731. The SMILES string of the molecule is COC(=O)c1[nH]c(C)c(C(=O)[C@@H](C)N(C[C@@H]2CCCO2)C(=O)CC(C)C)c1C.